The Balaban J connectivity index is 0.00000272. The second-order valence-corrected chi connectivity index (χ2v) is 7.41. The van der Waals surface area contributed by atoms with Crippen LogP contribution >= 0.6 is 24.0 Å². The van der Waals surface area contributed by atoms with Gasteiger partial charge in [0.1, 0.15) is 5.82 Å². The first-order chi connectivity index (χ1) is 14.8. The first-order valence-electron chi connectivity index (χ1n) is 10.7. The van der Waals surface area contributed by atoms with Crippen molar-refractivity contribution in [3.05, 3.63) is 48.5 Å². The molecule has 0 saturated carbocycles. The van der Waals surface area contributed by atoms with E-state index >= 15 is 0 Å². The number of halogens is 1. The molecule has 8 nitrogen and oxygen atoms in total. The minimum atomic E-state index is 0. The zero-order valence-electron chi connectivity index (χ0n) is 18.2. The zero-order valence-corrected chi connectivity index (χ0v) is 20.6. The molecule has 9 heteroatoms. The summed E-state index contributed by atoms with van der Waals surface area (Å²) in [6.07, 6.45) is 4.57. The molecule has 0 amide bonds. The molecule has 1 aliphatic heterocycles. The lowest BCUT2D eigenvalue weighted by atomic mass is 10.3. The van der Waals surface area contributed by atoms with Crippen LogP contribution in [-0.2, 0) is 6.54 Å². The number of benzene rings is 1. The number of piperazine rings is 1. The van der Waals surface area contributed by atoms with Crippen LogP contribution in [0.25, 0.3) is 11.0 Å². The number of aryl methyl sites for hydroxylation is 2. The number of fused-ring (bicyclic) bond motifs is 1. The molecule has 3 aromatic rings. The number of nitrogens with one attached hydrogen (secondary N) is 1. The van der Waals surface area contributed by atoms with Gasteiger partial charge < -0.3 is 19.7 Å². The molecule has 1 aliphatic rings. The van der Waals surface area contributed by atoms with E-state index in [1.807, 2.05) is 12.1 Å². The minimum absolute atomic E-state index is 0. The summed E-state index contributed by atoms with van der Waals surface area (Å²) < 4.78 is 2.29. The summed E-state index contributed by atoms with van der Waals surface area (Å²) in [5, 5.41) is 3.45. The van der Waals surface area contributed by atoms with Crippen molar-refractivity contribution in [2.45, 2.75) is 26.8 Å². The van der Waals surface area contributed by atoms with Gasteiger partial charge in [0.15, 0.2) is 5.96 Å². The van der Waals surface area contributed by atoms with Crippen LogP contribution in [0.2, 0.25) is 0 Å². The van der Waals surface area contributed by atoms with Gasteiger partial charge in [-0.05, 0) is 38.5 Å². The molecule has 0 unspecified atom stereocenters. The number of hydrogen-bond donors (Lipinski definition) is 1. The molecule has 0 spiro atoms. The summed E-state index contributed by atoms with van der Waals surface area (Å²) in [6.45, 7) is 10.4. The molecule has 1 saturated heterocycles. The highest BCUT2D eigenvalue weighted by atomic mass is 127. The van der Waals surface area contributed by atoms with Crippen molar-refractivity contribution < 1.29 is 0 Å². The topological polar surface area (TPSA) is 74.5 Å². The number of imidazole rings is 1. The van der Waals surface area contributed by atoms with Crippen LogP contribution in [0.5, 0.6) is 0 Å². The van der Waals surface area contributed by atoms with Crippen LogP contribution in [0.15, 0.2) is 47.7 Å². The number of nitrogens with zero attached hydrogens (tertiary/aromatic N) is 7. The van der Waals surface area contributed by atoms with E-state index in [-0.39, 0.29) is 24.0 Å². The summed E-state index contributed by atoms with van der Waals surface area (Å²) in [5.41, 5.74) is 2.26. The lowest BCUT2D eigenvalue weighted by molar-refractivity contribution is 0.370. The van der Waals surface area contributed by atoms with Crippen molar-refractivity contribution in [3.63, 3.8) is 0 Å². The van der Waals surface area contributed by atoms with Crippen LogP contribution in [-0.4, -0.2) is 69.6 Å². The normalized spacial score (nSPS) is 14.6. The van der Waals surface area contributed by atoms with Crippen molar-refractivity contribution in [2.75, 3.05) is 44.2 Å². The van der Waals surface area contributed by atoms with E-state index in [9.17, 15) is 0 Å². The highest BCUT2D eigenvalue weighted by Crippen LogP contribution is 2.16. The van der Waals surface area contributed by atoms with E-state index < -0.39 is 0 Å². The second-order valence-electron chi connectivity index (χ2n) is 7.41. The molecule has 0 atom stereocenters. The lowest BCUT2D eigenvalue weighted by Gasteiger charge is -2.36. The molecule has 31 heavy (non-hydrogen) atoms. The maximum absolute atomic E-state index is 4.89. The van der Waals surface area contributed by atoms with Gasteiger partial charge in [-0.25, -0.2) is 15.0 Å². The van der Waals surface area contributed by atoms with Crippen molar-refractivity contribution in [2.24, 2.45) is 4.99 Å². The van der Waals surface area contributed by atoms with E-state index in [1.54, 1.807) is 12.4 Å². The fourth-order valence-corrected chi connectivity index (χ4v) is 3.89. The van der Waals surface area contributed by atoms with Crippen molar-refractivity contribution >= 4 is 46.9 Å². The average molecular weight is 534 g/mol. The SMILES string of the molecule is CCNC(=NCCCn1c(C)nc2ccccc21)N1CCN(c2ncccn2)CC1.I. The van der Waals surface area contributed by atoms with Crippen LogP contribution in [0.3, 0.4) is 0 Å². The third-order valence-corrected chi connectivity index (χ3v) is 5.40. The van der Waals surface area contributed by atoms with Gasteiger partial charge in [-0.15, -0.1) is 24.0 Å². The number of para-hydroxylation sites is 2. The second kappa shape index (κ2) is 11.3. The van der Waals surface area contributed by atoms with Gasteiger partial charge in [-0.2, -0.15) is 0 Å². The van der Waals surface area contributed by atoms with Gasteiger partial charge in [0.25, 0.3) is 0 Å². The maximum atomic E-state index is 4.89. The third-order valence-electron chi connectivity index (χ3n) is 5.40. The van der Waals surface area contributed by atoms with E-state index in [4.69, 9.17) is 4.99 Å². The summed E-state index contributed by atoms with van der Waals surface area (Å²) in [4.78, 5) is 22.8. The molecular formula is C22H31IN8. The van der Waals surface area contributed by atoms with Crippen LogP contribution in [0.1, 0.15) is 19.2 Å². The number of anilines is 1. The summed E-state index contributed by atoms with van der Waals surface area (Å²) in [7, 11) is 0. The molecule has 4 rings (SSSR count). The standard InChI is InChI=1S/C22H30N8.HI/c1-3-23-21(28-14-16-29(17-15-28)22-24-10-6-11-25-22)26-12-7-13-30-18(2)27-19-8-4-5-9-20(19)30;/h4-6,8-11H,3,7,12-17H2,1-2H3,(H,23,26);1H. The van der Waals surface area contributed by atoms with Crippen LogP contribution in [0, 0.1) is 6.92 Å². The molecule has 0 bridgehead atoms. The van der Waals surface area contributed by atoms with Gasteiger partial charge in [0.05, 0.1) is 11.0 Å². The fraction of sp³-hybridized carbons (Fsp3) is 0.455. The predicted octanol–water partition coefficient (Wildman–Crippen LogP) is 2.93. The highest BCUT2D eigenvalue weighted by Gasteiger charge is 2.21. The van der Waals surface area contributed by atoms with E-state index in [0.29, 0.717) is 0 Å². The molecule has 166 valence electrons. The number of rotatable bonds is 6. The number of guanidine groups is 1. The van der Waals surface area contributed by atoms with Crippen molar-refractivity contribution in [3.8, 4) is 0 Å². The number of aliphatic imine (C=N–C) groups is 1. The van der Waals surface area contributed by atoms with E-state index in [1.165, 1.54) is 5.52 Å². The number of hydrogen-bond acceptors (Lipinski definition) is 5. The van der Waals surface area contributed by atoms with Gasteiger partial charge in [0.2, 0.25) is 5.95 Å². The molecule has 2 aromatic heterocycles. The van der Waals surface area contributed by atoms with Crippen LogP contribution < -0.4 is 10.2 Å². The van der Waals surface area contributed by atoms with Gasteiger partial charge in [-0.3, -0.25) is 4.99 Å². The Bertz CT molecular complexity index is 980. The van der Waals surface area contributed by atoms with Crippen molar-refractivity contribution in [1.82, 2.24) is 29.7 Å². The third kappa shape index (κ3) is 5.63. The summed E-state index contributed by atoms with van der Waals surface area (Å²) in [5.74, 6) is 2.87. The fourth-order valence-electron chi connectivity index (χ4n) is 3.89. The molecule has 1 N–H and O–H groups in total. The Kier molecular flexibility index (Phi) is 8.44. The van der Waals surface area contributed by atoms with Gasteiger partial charge in [-0.1, -0.05) is 12.1 Å². The first kappa shape index (κ1) is 23.2. The van der Waals surface area contributed by atoms with Crippen molar-refractivity contribution in [1.29, 1.82) is 0 Å². The Morgan fingerprint density at radius 1 is 1.06 bits per heavy atom. The highest BCUT2D eigenvalue weighted by molar-refractivity contribution is 14.0. The summed E-state index contributed by atoms with van der Waals surface area (Å²) >= 11 is 0. The predicted molar refractivity (Wildman–Crippen MR) is 136 cm³/mol. The van der Waals surface area contributed by atoms with Crippen LogP contribution in [0.4, 0.5) is 5.95 Å². The maximum Gasteiger partial charge on any atom is 0.225 e. The Labute approximate surface area is 200 Å². The quantitative estimate of drug-likeness (QED) is 0.227. The number of aromatic nitrogens is 4. The van der Waals surface area contributed by atoms with Gasteiger partial charge >= 0.3 is 0 Å². The first-order valence-corrected chi connectivity index (χ1v) is 10.7. The smallest absolute Gasteiger partial charge is 0.225 e. The minimum Gasteiger partial charge on any atom is -0.357 e. The molecule has 0 aliphatic carbocycles. The molecule has 1 fully saturated rings. The lowest BCUT2D eigenvalue weighted by Crippen LogP contribution is -2.53. The monoisotopic (exact) mass is 534 g/mol. The molecule has 1 aromatic carbocycles. The Hall–Kier alpha value is -2.43. The average Bonchev–Trinajstić information content (AvgIpc) is 3.11. The molecule has 0 radical (unpaired) electrons. The largest absolute Gasteiger partial charge is 0.357 e. The van der Waals surface area contributed by atoms with E-state index in [2.05, 4.69) is 66.7 Å². The van der Waals surface area contributed by atoms with E-state index in [0.717, 1.165) is 75.5 Å². The zero-order chi connectivity index (χ0) is 20.8. The Morgan fingerprint density at radius 2 is 1.81 bits per heavy atom. The summed E-state index contributed by atoms with van der Waals surface area (Å²) in [6, 6.07) is 10.2. The van der Waals surface area contributed by atoms with Gasteiger partial charge in [0, 0.05) is 58.2 Å². The Morgan fingerprint density at radius 3 is 2.55 bits per heavy atom. The molecule has 3 heterocycles. The molecular weight excluding hydrogens is 503 g/mol.